The first-order valence-electron chi connectivity index (χ1n) is 5.72. The maximum atomic E-state index is 5.91. The number of nitrogens with two attached hydrogens (primary N) is 1. The minimum atomic E-state index is 0.210. The fourth-order valence-electron chi connectivity index (χ4n) is 2.03. The van der Waals surface area contributed by atoms with Gasteiger partial charge in [-0.1, -0.05) is 25.4 Å². The molecule has 0 amide bonds. The lowest BCUT2D eigenvalue weighted by molar-refractivity contribution is 0.0802. The number of aromatic nitrogens is 2. The highest BCUT2D eigenvalue weighted by Gasteiger charge is 2.27. The number of nitrogen functional groups attached to an aromatic ring is 1. The minimum Gasteiger partial charge on any atom is -0.377 e. The summed E-state index contributed by atoms with van der Waals surface area (Å²) < 4.78 is 5.51. The highest BCUT2D eigenvalue weighted by Crippen LogP contribution is 2.24. The number of halogens is 1. The van der Waals surface area contributed by atoms with E-state index in [0.29, 0.717) is 30.3 Å². The van der Waals surface area contributed by atoms with Gasteiger partial charge in [0.25, 0.3) is 0 Å². The molecule has 94 valence electrons. The van der Waals surface area contributed by atoms with Crippen LogP contribution in [0.15, 0.2) is 6.07 Å². The number of rotatable bonds is 2. The van der Waals surface area contributed by atoms with E-state index in [2.05, 4.69) is 28.7 Å². The molecule has 0 bridgehead atoms. The maximum absolute atomic E-state index is 5.91. The van der Waals surface area contributed by atoms with E-state index < -0.39 is 0 Å². The van der Waals surface area contributed by atoms with Gasteiger partial charge >= 0.3 is 0 Å². The van der Waals surface area contributed by atoms with Gasteiger partial charge in [0.05, 0.1) is 19.3 Å². The zero-order chi connectivity index (χ0) is 12.4. The summed E-state index contributed by atoms with van der Waals surface area (Å²) in [6, 6.07) is 2.05. The van der Waals surface area contributed by atoms with Crippen LogP contribution < -0.4 is 10.6 Å². The average molecular weight is 257 g/mol. The maximum Gasteiger partial charge on any atom is 0.223 e. The second-order valence-electron chi connectivity index (χ2n) is 4.49. The molecule has 0 saturated carbocycles. The highest BCUT2D eigenvalue weighted by molar-refractivity contribution is 6.29. The van der Waals surface area contributed by atoms with Crippen LogP contribution in [0.3, 0.4) is 0 Å². The molecular weight excluding hydrogens is 240 g/mol. The Hall–Kier alpha value is -1.07. The molecule has 17 heavy (non-hydrogen) atoms. The van der Waals surface area contributed by atoms with E-state index in [4.69, 9.17) is 22.1 Å². The van der Waals surface area contributed by atoms with Crippen LogP contribution in [0.5, 0.6) is 0 Å². The smallest absolute Gasteiger partial charge is 0.223 e. The fraction of sp³-hybridized carbons (Fsp3) is 0.636. The number of hydrogen-bond acceptors (Lipinski definition) is 5. The van der Waals surface area contributed by atoms with Crippen molar-refractivity contribution in [1.29, 1.82) is 0 Å². The monoisotopic (exact) mass is 256 g/mol. The molecular formula is C11H17ClN4O. The summed E-state index contributed by atoms with van der Waals surface area (Å²) in [6.07, 6.45) is 0. The Labute approximate surface area is 106 Å². The first kappa shape index (κ1) is 12.4. The second-order valence-corrected chi connectivity index (χ2v) is 4.87. The minimum absolute atomic E-state index is 0.210. The van der Waals surface area contributed by atoms with E-state index in [-0.39, 0.29) is 5.95 Å². The normalized spacial score (nSPS) is 20.9. The van der Waals surface area contributed by atoms with Gasteiger partial charge in [-0.2, -0.15) is 4.98 Å². The van der Waals surface area contributed by atoms with E-state index >= 15 is 0 Å². The largest absolute Gasteiger partial charge is 0.377 e. The zero-order valence-corrected chi connectivity index (χ0v) is 10.8. The van der Waals surface area contributed by atoms with Gasteiger partial charge in [-0.15, -0.1) is 0 Å². The molecule has 1 atom stereocenters. The van der Waals surface area contributed by atoms with Crippen molar-refractivity contribution >= 4 is 23.4 Å². The van der Waals surface area contributed by atoms with Crippen molar-refractivity contribution in [2.24, 2.45) is 5.92 Å². The van der Waals surface area contributed by atoms with Gasteiger partial charge < -0.3 is 15.4 Å². The molecule has 1 aromatic heterocycles. The SMILES string of the molecule is CC(C)C1COCCN1c1cc(Cl)nc(N)n1. The standard InChI is InChI=1S/C11H17ClN4O/c1-7(2)8-6-17-4-3-16(8)10-5-9(12)14-11(13)15-10/h5,7-8H,3-4,6H2,1-2H3,(H2,13,14,15). The number of ether oxygens (including phenoxy) is 1. The van der Waals surface area contributed by atoms with Crippen molar-refractivity contribution in [3.8, 4) is 0 Å². The molecule has 0 spiro atoms. The van der Waals surface area contributed by atoms with Gasteiger partial charge in [0, 0.05) is 12.6 Å². The molecule has 1 aliphatic heterocycles. The van der Waals surface area contributed by atoms with Crippen molar-refractivity contribution in [3.05, 3.63) is 11.2 Å². The lowest BCUT2D eigenvalue weighted by atomic mass is 10.0. The molecule has 1 fully saturated rings. The van der Waals surface area contributed by atoms with Crippen LogP contribution >= 0.6 is 11.6 Å². The molecule has 2 heterocycles. The molecule has 1 aromatic rings. The topological polar surface area (TPSA) is 64.3 Å². The molecule has 1 saturated heterocycles. The van der Waals surface area contributed by atoms with E-state index in [1.165, 1.54) is 0 Å². The van der Waals surface area contributed by atoms with E-state index in [1.54, 1.807) is 6.07 Å². The molecule has 5 nitrogen and oxygen atoms in total. The van der Waals surface area contributed by atoms with Crippen LogP contribution in [0.1, 0.15) is 13.8 Å². The third-order valence-corrected chi connectivity index (χ3v) is 3.12. The summed E-state index contributed by atoms with van der Waals surface area (Å²) in [4.78, 5) is 10.3. The number of morpholine rings is 1. The van der Waals surface area contributed by atoms with Crippen molar-refractivity contribution in [2.45, 2.75) is 19.9 Å². The Morgan fingerprint density at radius 1 is 1.53 bits per heavy atom. The molecule has 1 unspecified atom stereocenters. The molecule has 2 rings (SSSR count). The Morgan fingerprint density at radius 3 is 2.94 bits per heavy atom. The van der Waals surface area contributed by atoms with E-state index in [1.807, 2.05) is 0 Å². The van der Waals surface area contributed by atoms with Gasteiger partial charge in [-0.3, -0.25) is 0 Å². The summed E-state index contributed by atoms with van der Waals surface area (Å²) in [7, 11) is 0. The van der Waals surface area contributed by atoms with E-state index in [9.17, 15) is 0 Å². The van der Waals surface area contributed by atoms with Crippen LogP contribution in [-0.4, -0.2) is 35.8 Å². The van der Waals surface area contributed by atoms with E-state index in [0.717, 1.165) is 12.4 Å². The molecule has 2 N–H and O–H groups in total. The second kappa shape index (κ2) is 5.06. The Morgan fingerprint density at radius 2 is 2.29 bits per heavy atom. The summed E-state index contributed by atoms with van der Waals surface area (Å²) in [5.41, 5.74) is 5.62. The van der Waals surface area contributed by atoms with Gasteiger partial charge in [-0.25, -0.2) is 4.98 Å². The Bertz CT molecular complexity index is 379. The highest BCUT2D eigenvalue weighted by atomic mass is 35.5. The first-order chi connectivity index (χ1) is 8.08. The predicted molar refractivity (Wildman–Crippen MR) is 68.2 cm³/mol. The molecule has 0 radical (unpaired) electrons. The predicted octanol–water partition coefficient (Wildman–Crippen LogP) is 1.57. The zero-order valence-electron chi connectivity index (χ0n) is 10.1. The van der Waals surface area contributed by atoms with Crippen LogP contribution in [-0.2, 0) is 4.74 Å². The van der Waals surface area contributed by atoms with Gasteiger partial charge in [0.1, 0.15) is 11.0 Å². The fourth-order valence-corrected chi connectivity index (χ4v) is 2.21. The molecule has 0 aliphatic carbocycles. The van der Waals surface area contributed by atoms with Crippen LogP contribution in [0.25, 0.3) is 0 Å². The summed E-state index contributed by atoms with van der Waals surface area (Å²) in [5, 5.41) is 0.376. The van der Waals surface area contributed by atoms with Crippen molar-refractivity contribution in [2.75, 3.05) is 30.4 Å². The first-order valence-corrected chi connectivity index (χ1v) is 6.10. The summed E-state index contributed by atoms with van der Waals surface area (Å²) >= 11 is 5.91. The third kappa shape index (κ3) is 2.79. The van der Waals surface area contributed by atoms with Crippen LogP contribution in [0, 0.1) is 5.92 Å². The van der Waals surface area contributed by atoms with Gasteiger partial charge in [0.15, 0.2) is 0 Å². The summed E-state index contributed by atoms with van der Waals surface area (Å²) in [5.74, 6) is 1.47. The van der Waals surface area contributed by atoms with Gasteiger partial charge in [-0.05, 0) is 5.92 Å². The van der Waals surface area contributed by atoms with Crippen molar-refractivity contribution in [1.82, 2.24) is 9.97 Å². The number of nitrogens with zero attached hydrogens (tertiary/aromatic N) is 3. The third-order valence-electron chi connectivity index (χ3n) is 2.93. The number of anilines is 2. The lowest BCUT2D eigenvalue weighted by Crippen LogP contribution is -2.48. The Kier molecular flexibility index (Phi) is 3.69. The average Bonchev–Trinajstić information content (AvgIpc) is 2.27. The Balaban J connectivity index is 2.29. The quantitative estimate of drug-likeness (QED) is 0.814. The van der Waals surface area contributed by atoms with Crippen molar-refractivity contribution < 1.29 is 4.74 Å². The van der Waals surface area contributed by atoms with Crippen molar-refractivity contribution in [3.63, 3.8) is 0 Å². The number of hydrogen-bond donors (Lipinski definition) is 1. The molecule has 6 heteroatoms. The van der Waals surface area contributed by atoms with Crippen LogP contribution in [0.4, 0.5) is 11.8 Å². The van der Waals surface area contributed by atoms with Crippen LogP contribution in [0.2, 0.25) is 5.15 Å². The summed E-state index contributed by atoms with van der Waals surface area (Å²) in [6.45, 7) is 6.54. The molecule has 0 aromatic carbocycles. The molecule has 1 aliphatic rings. The lowest BCUT2D eigenvalue weighted by Gasteiger charge is -2.38. The van der Waals surface area contributed by atoms with Gasteiger partial charge in [0.2, 0.25) is 5.95 Å².